The number of rotatable bonds is 2. The number of thiophene rings is 1. The minimum Gasteiger partial charge on any atom is -0.386 e. The van der Waals surface area contributed by atoms with E-state index in [1.807, 2.05) is 17.5 Å². The number of aliphatic hydroxyl groups excluding tert-OH is 1. The zero-order chi connectivity index (χ0) is 11.8. The smallest absolute Gasteiger partial charge is 0.122 e. The molecule has 2 nitrogen and oxygen atoms in total. The second-order valence-corrected chi connectivity index (χ2v) is 5.87. The van der Waals surface area contributed by atoms with Gasteiger partial charge in [0.25, 0.3) is 0 Å². The molecule has 2 aromatic heterocycles. The Kier molecular flexibility index (Phi) is 2.70. The van der Waals surface area contributed by atoms with Crippen molar-refractivity contribution in [1.29, 1.82) is 0 Å². The average molecular weight is 261 g/mol. The van der Waals surface area contributed by atoms with Crippen LogP contribution in [0, 0.1) is 0 Å². The Hall–Kier alpha value is -1.23. The zero-order valence-corrected chi connectivity index (χ0v) is 10.9. The highest BCUT2D eigenvalue weighted by Gasteiger charge is 2.10. The van der Waals surface area contributed by atoms with Gasteiger partial charge in [0.2, 0.25) is 0 Å². The van der Waals surface area contributed by atoms with Crippen LogP contribution in [0.15, 0.2) is 35.7 Å². The fourth-order valence-corrected chi connectivity index (χ4v) is 3.56. The van der Waals surface area contributed by atoms with Crippen LogP contribution in [-0.4, -0.2) is 10.1 Å². The van der Waals surface area contributed by atoms with Crippen LogP contribution in [0.1, 0.15) is 18.0 Å². The third-order valence-corrected chi connectivity index (χ3v) is 4.71. The van der Waals surface area contributed by atoms with Crippen molar-refractivity contribution < 1.29 is 5.11 Å². The Morgan fingerprint density at radius 2 is 2.12 bits per heavy atom. The van der Waals surface area contributed by atoms with Crippen LogP contribution in [0.4, 0.5) is 0 Å². The minimum atomic E-state index is -0.483. The van der Waals surface area contributed by atoms with Gasteiger partial charge in [-0.3, -0.25) is 0 Å². The Balaban J connectivity index is 2.07. The van der Waals surface area contributed by atoms with Gasteiger partial charge in [-0.05, 0) is 24.4 Å². The Labute approximate surface area is 107 Å². The summed E-state index contributed by atoms with van der Waals surface area (Å²) < 4.78 is 1.27. The van der Waals surface area contributed by atoms with E-state index >= 15 is 0 Å². The summed E-state index contributed by atoms with van der Waals surface area (Å²) in [6.07, 6.45) is -0.483. The molecule has 1 aromatic carbocycles. The van der Waals surface area contributed by atoms with Crippen molar-refractivity contribution in [2.24, 2.45) is 0 Å². The summed E-state index contributed by atoms with van der Waals surface area (Å²) in [5.41, 5.74) is 0.965. The van der Waals surface area contributed by atoms with Crippen LogP contribution in [0.5, 0.6) is 0 Å². The second-order valence-electron chi connectivity index (χ2n) is 3.90. The fourth-order valence-electron chi connectivity index (χ4n) is 1.70. The normalized spacial score (nSPS) is 13.1. The average Bonchev–Trinajstić information content (AvgIpc) is 2.95. The molecule has 1 unspecified atom stereocenters. The van der Waals surface area contributed by atoms with E-state index in [0.717, 1.165) is 15.6 Å². The van der Waals surface area contributed by atoms with E-state index in [4.69, 9.17) is 0 Å². The standard InChI is InChI=1S/C13H11NOS2/c1-8(15)13-14-10(7-16-13)12-6-9-4-2-3-5-11(9)17-12/h2-8,15H,1H3. The van der Waals surface area contributed by atoms with Gasteiger partial charge in [-0.2, -0.15) is 0 Å². The summed E-state index contributed by atoms with van der Waals surface area (Å²) in [7, 11) is 0. The first-order valence-electron chi connectivity index (χ1n) is 5.36. The molecule has 0 bridgehead atoms. The highest BCUT2D eigenvalue weighted by Crippen LogP contribution is 2.34. The first-order chi connectivity index (χ1) is 8.24. The Morgan fingerprint density at radius 3 is 2.82 bits per heavy atom. The maximum absolute atomic E-state index is 9.48. The summed E-state index contributed by atoms with van der Waals surface area (Å²) in [6, 6.07) is 10.5. The van der Waals surface area contributed by atoms with E-state index in [-0.39, 0.29) is 0 Å². The number of thiazole rings is 1. The van der Waals surface area contributed by atoms with Crippen molar-refractivity contribution in [1.82, 2.24) is 4.98 Å². The van der Waals surface area contributed by atoms with Gasteiger partial charge < -0.3 is 5.11 Å². The van der Waals surface area contributed by atoms with E-state index in [2.05, 4.69) is 23.2 Å². The molecule has 0 fully saturated rings. The number of benzene rings is 1. The van der Waals surface area contributed by atoms with Gasteiger partial charge in [0, 0.05) is 10.1 Å². The lowest BCUT2D eigenvalue weighted by Crippen LogP contribution is -1.88. The van der Waals surface area contributed by atoms with Crippen LogP contribution in [0.25, 0.3) is 20.7 Å². The van der Waals surface area contributed by atoms with Crippen molar-refractivity contribution in [2.45, 2.75) is 13.0 Å². The molecule has 0 amide bonds. The highest BCUT2D eigenvalue weighted by molar-refractivity contribution is 7.22. The van der Waals surface area contributed by atoms with Crippen LogP contribution in [0.3, 0.4) is 0 Å². The molecule has 0 saturated carbocycles. The summed E-state index contributed by atoms with van der Waals surface area (Å²) in [6.45, 7) is 1.74. The fraction of sp³-hybridized carbons (Fsp3) is 0.154. The number of nitrogens with zero attached hydrogens (tertiary/aromatic N) is 1. The minimum absolute atomic E-state index is 0.483. The maximum atomic E-state index is 9.48. The third-order valence-electron chi connectivity index (χ3n) is 2.56. The van der Waals surface area contributed by atoms with Gasteiger partial charge in [-0.15, -0.1) is 22.7 Å². The van der Waals surface area contributed by atoms with Gasteiger partial charge in [0.05, 0.1) is 10.6 Å². The molecule has 17 heavy (non-hydrogen) atoms. The van der Waals surface area contributed by atoms with Gasteiger partial charge in [0.15, 0.2) is 0 Å². The Bertz CT molecular complexity index is 621. The van der Waals surface area contributed by atoms with E-state index in [0.29, 0.717) is 0 Å². The lowest BCUT2D eigenvalue weighted by Gasteiger charge is -1.95. The van der Waals surface area contributed by atoms with Crippen molar-refractivity contribution in [2.75, 3.05) is 0 Å². The number of aliphatic hydroxyl groups is 1. The number of aromatic nitrogens is 1. The molecule has 1 atom stereocenters. The van der Waals surface area contributed by atoms with Crippen molar-refractivity contribution in [3.63, 3.8) is 0 Å². The monoisotopic (exact) mass is 261 g/mol. The molecule has 86 valence electrons. The molecule has 4 heteroatoms. The molecule has 0 radical (unpaired) electrons. The second kappa shape index (κ2) is 4.22. The molecule has 3 aromatic rings. The molecule has 0 aliphatic heterocycles. The lowest BCUT2D eigenvalue weighted by molar-refractivity contribution is 0.199. The zero-order valence-electron chi connectivity index (χ0n) is 9.25. The first-order valence-corrected chi connectivity index (χ1v) is 7.06. The van der Waals surface area contributed by atoms with Crippen LogP contribution in [-0.2, 0) is 0 Å². The lowest BCUT2D eigenvalue weighted by atomic mass is 10.2. The number of hydrogen-bond acceptors (Lipinski definition) is 4. The number of fused-ring (bicyclic) bond motifs is 1. The largest absolute Gasteiger partial charge is 0.386 e. The van der Waals surface area contributed by atoms with Gasteiger partial charge in [-0.25, -0.2) is 4.98 Å². The molecule has 0 aliphatic carbocycles. The highest BCUT2D eigenvalue weighted by atomic mass is 32.1. The first kappa shape index (κ1) is 10.9. The topological polar surface area (TPSA) is 33.1 Å². The molecule has 3 rings (SSSR count). The number of hydrogen-bond donors (Lipinski definition) is 1. The van der Waals surface area contributed by atoms with Crippen LogP contribution in [0.2, 0.25) is 0 Å². The van der Waals surface area contributed by atoms with Gasteiger partial charge in [0.1, 0.15) is 11.1 Å². The predicted octanol–water partition coefficient (Wildman–Crippen LogP) is 4.08. The van der Waals surface area contributed by atoms with E-state index in [1.165, 1.54) is 21.4 Å². The van der Waals surface area contributed by atoms with Crippen molar-refractivity contribution in [3.8, 4) is 10.6 Å². The van der Waals surface area contributed by atoms with Gasteiger partial charge in [-0.1, -0.05) is 18.2 Å². The van der Waals surface area contributed by atoms with E-state index in [9.17, 15) is 5.11 Å². The molecular weight excluding hydrogens is 250 g/mol. The molecule has 0 aliphatic rings. The molecule has 0 saturated heterocycles. The molecule has 1 N–H and O–H groups in total. The molecule has 2 heterocycles. The Morgan fingerprint density at radius 1 is 1.29 bits per heavy atom. The van der Waals surface area contributed by atoms with Gasteiger partial charge >= 0.3 is 0 Å². The molecule has 0 spiro atoms. The summed E-state index contributed by atoms with van der Waals surface area (Å²) in [5, 5.41) is 13.5. The van der Waals surface area contributed by atoms with Crippen molar-refractivity contribution in [3.05, 3.63) is 40.7 Å². The van der Waals surface area contributed by atoms with E-state index in [1.54, 1.807) is 18.3 Å². The van der Waals surface area contributed by atoms with E-state index < -0.39 is 6.10 Å². The maximum Gasteiger partial charge on any atom is 0.122 e. The summed E-state index contributed by atoms with van der Waals surface area (Å²) in [4.78, 5) is 5.62. The SMILES string of the molecule is CC(O)c1nc(-c2cc3ccccc3s2)cs1. The quantitative estimate of drug-likeness (QED) is 0.754. The summed E-state index contributed by atoms with van der Waals surface area (Å²) >= 11 is 3.25. The van der Waals surface area contributed by atoms with Crippen LogP contribution < -0.4 is 0 Å². The third kappa shape index (κ3) is 1.99. The summed E-state index contributed by atoms with van der Waals surface area (Å²) in [5.74, 6) is 0. The predicted molar refractivity (Wildman–Crippen MR) is 73.6 cm³/mol. The molecular formula is C13H11NOS2. The van der Waals surface area contributed by atoms with Crippen LogP contribution >= 0.6 is 22.7 Å². The van der Waals surface area contributed by atoms with Crippen molar-refractivity contribution >= 4 is 32.8 Å².